The molecule has 0 atom stereocenters. The van der Waals surface area contributed by atoms with Gasteiger partial charge in [-0.3, -0.25) is 4.72 Å². The first-order valence-corrected chi connectivity index (χ1v) is 8.97. The molecule has 2 aromatic carbocycles. The lowest BCUT2D eigenvalue weighted by Gasteiger charge is -2.27. The van der Waals surface area contributed by atoms with Crippen LogP contribution in [0.1, 0.15) is 24.8 Å². The fourth-order valence-corrected chi connectivity index (χ4v) is 3.41. The average Bonchev–Trinajstić information content (AvgIpc) is 2.45. The molecule has 0 aliphatic heterocycles. The molecule has 0 spiro atoms. The standard InChI is InChI=1S/C17H20N2O2S/c1-13-5-11-17(12-6-13)22(20,21)19-16-9-7-15(8-10-16)18-14-3-2-4-14/h5-12,14,18-19H,2-4H2,1H3. The summed E-state index contributed by atoms with van der Waals surface area (Å²) in [4.78, 5) is 0.273. The molecular weight excluding hydrogens is 296 g/mol. The summed E-state index contributed by atoms with van der Waals surface area (Å²) < 4.78 is 27.2. The molecule has 1 saturated carbocycles. The van der Waals surface area contributed by atoms with E-state index in [1.165, 1.54) is 19.3 Å². The third kappa shape index (κ3) is 3.42. The van der Waals surface area contributed by atoms with Crippen molar-refractivity contribution in [2.24, 2.45) is 0 Å². The van der Waals surface area contributed by atoms with Crippen molar-refractivity contribution < 1.29 is 8.42 Å². The van der Waals surface area contributed by atoms with Gasteiger partial charge >= 0.3 is 0 Å². The Morgan fingerprint density at radius 1 is 0.909 bits per heavy atom. The summed E-state index contributed by atoms with van der Waals surface area (Å²) >= 11 is 0. The Morgan fingerprint density at radius 2 is 1.50 bits per heavy atom. The van der Waals surface area contributed by atoms with Crippen LogP contribution in [-0.4, -0.2) is 14.5 Å². The molecule has 0 saturated heterocycles. The maximum Gasteiger partial charge on any atom is 0.261 e. The zero-order valence-corrected chi connectivity index (χ0v) is 13.4. The van der Waals surface area contributed by atoms with E-state index in [-0.39, 0.29) is 4.90 Å². The van der Waals surface area contributed by atoms with E-state index >= 15 is 0 Å². The van der Waals surface area contributed by atoms with Crippen LogP contribution in [0.25, 0.3) is 0 Å². The zero-order valence-electron chi connectivity index (χ0n) is 12.5. The van der Waals surface area contributed by atoms with Crippen LogP contribution in [-0.2, 0) is 10.0 Å². The predicted molar refractivity (Wildman–Crippen MR) is 89.7 cm³/mol. The maximum absolute atomic E-state index is 12.3. The van der Waals surface area contributed by atoms with Crippen molar-refractivity contribution >= 4 is 21.4 Å². The lowest BCUT2D eigenvalue weighted by molar-refractivity contribution is 0.445. The molecule has 4 nitrogen and oxygen atoms in total. The van der Waals surface area contributed by atoms with Crippen LogP contribution in [0.5, 0.6) is 0 Å². The number of rotatable bonds is 5. The topological polar surface area (TPSA) is 58.2 Å². The smallest absolute Gasteiger partial charge is 0.261 e. The lowest BCUT2D eigenvalue weighted by Crippen LogP contribution is -2.26. The van der Waals surface area contributed by atoms with Crippen LogP contribution in [0, 0.1) is 6.92 Å². The molecule has 0 unspecified atom stereocenters. The zero-order chi connectivity index (χ0) is 15.6. The Hall–Kier alpha value is -2.01. The van der Waals surface area contributed by atoms with Gasteiger partial charge in [0.2, 0.25) is 0 Å². The second-order valence-corrected chi connectivity index (χ2v) is 7.45. The van der Waals surface area contributed by atoms with Gasteiger partial charge in [0.1, 0.15) is 0 Å². The molecule has 0 bridgehead atoms. The fraction of sp³-hybridized carbons (Fsp3) is 0.294. The first-order valence-electron chi connectivity index (χ1n) is 7.49. The normalized spacial score (nSPS) is 15.1. The van der Waals surface area contributed by atoms with Gasteiger partial charge in [-0.05, 0) is 62.6 Å². The van der Waals surface area contributed by atoms with Gasteiger partial charge in [-0.1, -0.05) is 17.7 Å². The molecule has 2 N–H and O–H groups in total. The predicted octanol–water partition coefficient (Wildman–Crippen LogP) is 3.76. The minimum Gasteiger partial charge on any atom is -0.382 e. The molecule has 2 aromatic rings. The van der Waals surface area contributed by atoms with Crippen LogP contribution >= 0.6 is 0 Å². The Bertz CT molecular complexity index is 733. The Morgan fingerprint density at radius 3 is 2.05 bits per heavy atom. The van der Waals surface area contributed by atoms with Gasteiger partial charge in [-0.25, -0.2) is 8.42 Å². The van der Waals surface area contributed by atoms with E-state index in [9.17, 15) is 8.42 Å². The average molecular weight is 316 g/mol. The van der Waals surface area contributed by atoms with Crippen LogP contribution in [0.4, 0.5) is 11.4 Å². The maximum atomic E-state index is 12.3. The monoisotopic (exact) mass is 316 g/mol. The highest BCUT2D eigenvalue weighted by molar-refractivity contribution is 7.92. The van der Waals surface area contributed by atoms with Crippen molar-refractivity contribution in [2.45, 2.75) is 37.1 Å². The fourth-order valence-electron chi connectivity index (χ4n) is 2.35. The van der Waals surface area contributed by atoms with Crippen molar-refractivity contribution in [3.8, 4) is 0 Å². The summed E-state index contributed by atoms with van der Waals surface area (Å²) in [6, 6.07) is 14.8. The molecule has 5 heteroatoms. The summed E-state index contributed by atoms with van der Waals surface area (Å²) in [5.74, 6) is 0. The Kier molecular flexibility index (Phi) is 4.07. The highest BCUT2D eigenvalue weighted by Crippen LogP contribution is 2.24. The molecule has 0 radical (unpaired) electrons. The van der Waals surface area contributed by atoms with E-state index in [2.05, 4.69) is 10.0 Å². The van der Waals surface area contributed by atoms with Crippen molar-refractivity contribution in [1.82, 2.24) is 0 Å². The second kappa shape index (κ2) is 6.01. The molecule has 3 rings (SSSR count). The summed E-state index contributed by atoms with van der Waals surface area (Å²) in [7, 11) is -3.53. The molecule has 116 valence electrons. The molecule has 1 fully saturated rings. The number of sulfonamides is 1. The number of hydrogen-bond donors (Lipinski definition) is 2. The minimum absolute atomic E-state index is 0.273. The third-order valence-corrected chi connectivity index (χ3v) is 5.34. The minimum atomic E-state index is -3.53. The van der Waals surface area contributed by atoms with Crippen molar-refractivity contribution in [3.63, 3.8) is 0 Å². The number of anilines is 2. The Labute approximate surface area is 131 Å². The van der Waals surface area contributed by atoms with Gasteiger partial charge in [-0.15, -0.1) is 0 Å². The van der Waals surface area contributed by atoms with Gasteiger partial charge in [-0.2, -0.15) is 0 Å². The molecule has 1 aliphatic carbocycles. The van der Waals surface area contributed by atoms with Gasteiger partial charge in [0.15, 0.2) is 0 Å². The number of nitrogens with one attached hydrogen (secondary N) is 2. The SMILES string of the molecule is Cc1ccc(S(=O)(=O)Nc2ccc(NC3CCC3)cc2)cc1. The summed E-state index contributed by atoms with van der Waals surface area (Å²) in [5.41, 5.74) is 2.63. The lowest BCUT2D eigenvalue weighted by atomic mass is 9.93. The van der Waals surface area contributed by atoms with Crippen LogP contribution in [0.15, 0.2) is 53.4 Å². The van der Waals surface area contributed by atoms with Crippen LogP contribution in [0.3, 0.4) is 0 Å². The number of aryl methyl sites for hydroxylation is 1. The molecule has 0 amide bonds. The van der Waals surface area contributed by atoms with E-state index in [0.29, 0.717) is 11.7 Å². The summed E-state index contributed by atoms with van der Waals surface area (Å²) in [6.45, 7) is 1.93. The van der Waals surface area contributed by atoms with Gasteiger partial charge in [0.05, 0.1) is 4.90 Å². The summed E-state index contributed by atoms with van der Waals surface area (Å²) in [5, 5.41) is 3.43. The molecular formula is C17H20N2O2S. The largest absolute Gasteiger partial charge is 0.382 e. The van der Waals surface area contributed by atoms with E-state index < -0.39 is 10.0 Å². The molecule has 0 aromatic heterocycles. The van der Waals surface area contributed by atoms with Gasteiger partial charge in [0, 0.05) is 17.4 Å². The highest BCUT2D eigenvalue weighted by atomic mass is 32.2. The second-order valence-electron chi connectivity index (χ2n) is 5.77. The van der Waals surface area contributed by atoms with Gasteiger partial charge < -0.3 is 5.32 Å². The van der Waals surface area contributed by atoms with E-state index in [0.717, 1.165) is 11.3 Å². The van der Waals surface area contributed by atoms with E-state index in [1.54, 1.807) is 36.4 Å². The van der Waals surface area contributed by atoms with E-state index in [1.807, 2.05) is 19.1 Å². The number of hydrogen-bond acceptors (Lipinski definition) is 3. The van der Waals surface area contributed by atoms with Crippen molar-refractivity contribution in [1.29, 1.82) is 0 Å². The third-order valence-electron chi connectivity index (χ3n) is 3.94. The van der Waals surface area contributed by atoms with Gasteiger partial charge in [0.25, 0.3) is 10.0 Å². The number of benzene rings is 2. The first-order chi connectivity index (χ1) is 10.5. The molecule has 0 heterocycles. The van der Waals surface area contributed by atoms with Crippen molar-refractivity contribution in [3.05, 3.63) is 54.1 Å². The molecule has 22 heavy (non-hydrogen) atoms. The summed E-state index contributed by atoms with van der Waals surface area (Å²) in [6.07, 6.45) is 3.70. The van der Waals surface area contributed by atoms with Crippen LogP contribution in [0.2, 0.25) is 0 Å². The Balaban J connectivity index is 1.70. The first kappa shape index (κ1) is 14.9. The van der Waals surface area contributed by atoms with Crippen LogP contribution < -0.4 is 10.0 Å². The van der Waals surface area contributed by atoms with Crippen molar-refractivity contribution in [2.75, 3.05) is 10.0 Å². The quantitative estimate of drug-likeness (QED) is 0.883. The van der Waals surface area contributed by atoms with E-state index in [4.69, 9.17) is 0 Å². The molecule has 1 aliphatic rings. The highest BCUT2D eigenvalue weighted by Gasteiger charge is 2.17.